The van der Waals surface area contributed by atoms with Gasteiger partial charge in [-0.1, -0.05) is 30.3 Å². The first-order valence-corrected chi connectivity index (χ1v) is 16.4. The molecule has 8 nitrogen and oxygen atoms in total. The largest absolute Gasteiger partial charge is 0.427 e. The van der Waals surface area contributed by atoms with Crippen LogP contribution >= 0.6 is 23.4 Å². The fourth-order valence-corrected chi connectivity index (χ4v) is 6.09. The molecule has 1 saturated heterocycles. The number of esters is 2. The number of halogens is 1. The van der Waals surface area contributed by atoms with Gasteiger partial charge in [-0.05, 0) is 71.6 Å². The van der Waals surface area contributed by atoms with Gasteiger partial charge in [-0.15, -0.1) is 0 Å². The fraction of sp³-hybridized carbons (Fsp3) is 0.600. The molecule has 0 bridgehead atoms. The topological polar surface area (TPSA) is 99.2 Å². The van der Waals surface area contributed by atoms with Crippen molar-refractivity contribution < 1.29 is 33.1 Å². The lowest BCUT2D eigenvalue weighted by Gasteiger charge is -2.51. The van der Waals surface area contributed by atoms with Crippen LogP contribution in [0.3, 0.4) is 0 Å². The van der Waals surface area contributed by atoms with E-state index in [0.717, 1.165) is 16.7 Å². The van der Waals surface area contributed by atoms with Crippen LogP contribution in [0.2, 0.25) is 24.7 Å². The number of nitrogens with zero attached hydrogens (tertiary/aromatic N) is 1. The van der Waals surface area contributed by atoms with Crippen molar-refractivity contribution in [3.05, 3.63) is 29.3 Å². The zero-order valence-corrected chi connectivity index (χ0v) is 24.7. The number of rotatable bonds is 10. The Morgan fingerprint density at radius 3 is 2.19 bits per heavy atom. The van der Waals surface area contributed by atoms with Crippen molar-refractivity contribution in [2.75, 3.05) is 13.3 Å². The number of ether oxygens (including phenoxy) is 2. The van der Waals surface area contributed by atoms with Crippen molar-refractivity contribution in [3.8, 4) is 0 Å². The highest BCUT2D eigenvalue weighted by Gasteiger charge is 2.55. The summed E-state index contributed by atoms with van der Waals surface area (Å²) in [7, 11) is -1.96. The van der Waals surface area contributed by atoms with Crippen molar-refractivity contribution in [2.24, 2.45) is 17.3 Å². The van der Waals surface area contributed by atoms with Crippen LogP contribution in [0.4, 0.5) is 0 Å². The summed E-state index contributed by atoms with van der Waals surface area (Å²) in [5.74, 6) is -2.65. The van der Waals surface area contributed by atoms with Crippen molar-refractivity contribution in [3.63, 3.8) is 0 Å². The predicted molar refractivity (Wildman–Crippen MR) is 141 cm³/mol. The van der Waals surface area contributed by atoms with Gasteiger partial charge in [0, 0.05) is 15.8 Å². The van der Waals surface area contributed by atoms with Gasteiger partial charge in [0.15, 0.2) is 13.4 Å². The normalized spacial score (nSPS) is 19.8. The van der Waals surface area contributed by atoms with E-state index < -0.39 is 56.4 Å². The zero-order valence-electron chi connectivity index (χ0n) is 22.1. The summed E-state index contributed by atoms with van der Waals surface area (Å²) in [6.45, 7) is 13.8. The molecule has 0 N–H and O–H groups in total. The molecular formula is C25H36ClNO7SSi. The monoisotopic (exact) mass is 557 g/mol. The van der Waals surface area contributed by atoms with Crippen LogP contribution in [-0.4, -0.2) is 61.7 Å². The van der Waals surface area contributed by atoms with Crippen LogP contribution in [0.25, 0.3) is 0 Å². The third-order valence-electron chi connectivity index (χ3n) is 5.58. The summed E-state index contributed by atoms with van der Waals surface area (Å²) < 4.78 is 16.2. The van der Waals surface area contributed by atoms with Gasteiger partial charge in [0.05, 0.1) is 23.5 Å². The molecule has 1 aliphatic rings. The first-order chi connectivity index (χ1) is 16.5. The maximum Gasteiger partial charge on any atom is 0.328 e. The van der Waals surface area contributed by atoms with E-state index in [1.165, 1.54) is 4.90 Å². The molecule has 4 atom stereocenters. The average molecular weight is 558 g/mol. The smallest absolute Gasteiger partial charge is 0.328 e. The Hall–Kier alpha value is -1.88. The lowest BCUT2D eigenvalue weighted by Crippen LogP contribution is -2.69. The van der Waals surface area contributed by atoms with E-state index >= 15 is 0 Å². The Kier molecular flexibility index (Phi) is 10.2. The first-order valence-electron chi connectivity index (χ1n) is 11.8. The number of thioether (sulfide) groups is 1. The van der Waals surface area contributed by atoms with Crippen LogP contribution < -0.4 is 0 Å². The van der Waals surface area contributed by atoms with Gasteiger partial charge in [-0.2, -0.15) is 0 Å². The van der Waals surface area contributed by atoms with Gasteiger partial charge in [0.2, 0.25) is 12.7 Å². The van der Waals surface area contributed by atoms with Gasteiger partial charge in [-0.25, -0.2) is 0 Å². The van der Waals surface area contributed by atoms with Crippen molar-refractivity contribution in [2.45, 2.75) is 71.3 Å². The quantitative estimate of drug-likeness (QED) is 0.134. The Labute approximate surface area is 223 Å². The highest BCUT2D eigenvalue weighted by molar-refractivity contribution is 8.13. The lowest BCUT2D eigenvalue weighted by atomic mass is 9.77. The highest BCUT2D eigenvalue weighted by atomic mass is 35.5. The van der Waals surface area contributed by atoms with E-state index in [1.54, 1.807) is 52.0 Å². The first kappa shape index (κ1) is 30.3. The van der Waals surface area contributed by atoms with Crippen LogP contribution in [-0.2, 0) is 33.1 Å². The van der Waals surface area contributed by atoms with E-state index in [-0.39, 0.29) is 17.6 Å². The zero-order chi connectivity index (χ0) is 27.4. The van der Waals surface area contributed by atoms with Crippen LogP contribution in [0.15, 0.2) is 29.2 Å². The van der Waals surface area contributed by atoms with E-state index in [1.807, 2.05) is 26.6 Å². The van der Waals surface area contributed by atoms with Crippen molar-refractivity contribution in [1.82, 2.24) is 4.90 Å². The molecule has 200 valence electrons. The second kappa shape index (κ2) is 12.1. The summed E-state index contributed by atoms with van der Waals surface area (Å²) in [5.41, 5.74) is -0.734. The number of carbonyl (C=O) groups excluding carboxylic acids is 4. The van der Waals surface area contributed by atoms with Gasteiger partial charge in [0.25, 0.3) is 0 Å². The minimum Gasteiger partial charge on any atom is -0.427 e. The van der Waals surface area contributed by atoms with Crippen molar-refractivity contribution in [1.29, 1.82) is 0 Å². The molecule has 1 fully saturated rings. The molecule has 1 amide bonds. The molecule has 1 aliphatic heterocycles. The Bertz CT molecular complexity index is 974. The molecule has 0 unspecified atom stereocenters. The van der Waals surface area contributed by atoms with Crippen LogP contribution in [0.1, 0.15) is 34.6 Å². The standard InChI is InChI=1S/C25H36ClNO7SSi/c1-15(23(30)35-18-11-9-17(26)10-12-18)21-20(16(2)34-36(6,7)8)22(29)27(21)13-19(28)32-14-33-24(31)25(3,4)5/h9-12,15-16,20-21H,13-14H2,1-8H3/t15-,16-,20-,21-/m1/s1. The number of hydrogen-bond donors (Lipinski definition) is 0. The Morgan fingerprint density at radius 2 is 1.67 bits per heavy atom. The molecular weight excluding hydrogens is 522 g/mol. The van der Waals surface area contributed by atoms with Crippen LogP contribution in [0.5, 0.6) is 0 Å². The molecule has 1 aromatic carbocycles. The molecule has 0 radical (unpaired) electrons. The Morgan fingerprint density at radius 1 is 1.08 bits per heavy atom. The molecule has 0 spiro atoms. The van der Waals surface area contributed by atoms with Crippen LogP contribution in [0, 0.1) is 17.3 Å². The molecule has 11 heteroatoms. The summed E-state index contributed by atoms with van der Waals surface area (Å²) >= 11 is 7.00. The molecule has 0 saturated carbocycles. The second-order valence-electron chi connectivity index (χ2n) is 10.9. The number of hydrogen-bond acceptors (Lipinski definition) is 8. The van der Waals surface area contributed by atoms with Gasteiger partial charge in [0.1, 0.15) is 6.54 Å². The maximum atomic E-state index is 13.2. The second-order valence-corrected chi connectivity index (χ2v) is 16.9. The SMILES string of the molecule is C[C@@H](O[Si](C)(C)C)[C@H]1C(=O)N(CC(=O)OCOC(=O)C(C)(C)C)[C@@H]1[C@@H](C)C(=O)Sc1ccc(Cl)cc1. The molecule has 0 aromatic heterocycles. The third-order valence-corrected chi connectivity index (χ3v) is 7.99. The number of β-lactam (4-membered cyclic amide) rings is 1. The summed E-state index contributed by atoms with van der Waals surface area (Å²) in [6, 6.07) is 6.38. The van der Waals surface area contributed by atoms with Gasteiger partial charge >= 0.3 is 11.9 Å². The summed E-state index contributed by atoms with van der Waals surface area (Å²) in [6.07, 6.45) is -0.412. The lowest BCUT2D eigenvalue weighted by molar-refractivity contribution is -0.182. The van der Waals surface area contributed by atoms with Gasteiger partial charge < -0.3 is 18.8 Å². The molecule has 2 rings (SSSR count). The van der Waals surface area contributed by atoms with E-state index in [9.17, 15) is 19.2 Å². The molecule has 1 aromatic rings. The molecule has 1 heterocycles. The minimum atomic E-state index is -1.96. The van der Waals surface area contributed by atoms with E-state index in [2.05, 4.69) is 0 Å². The summed E-state index contributed by atoms with van der Waals surface area (Å²) in [4.78, 5) is 52.7. The Balaban J connectivity index is 2.12. The molecule has 0 aliphatic carbocycles. The van der Waals surface area contributed by atoms with Gasteiger partial charge in [-0.3, -0.25) is 19.2 Å². The third kappa shape index (κ3) is 8.33. The number of carbonyl (C=O) groups is 4. The molecule has 36 heavy (non-hydrogen) atoms. The van der Waals surface area contributed by atoms with E-state index in [4.69, 9.17) is 25.5 Å². The minimum absolute atomic E-state index is 0.141. The summed E-state index contributed by atoms with van der Waals surface area (Å²) in [5, 5.41) is 0.428. The highest BCUT2D eigenvalue weighted by Crippen LogP contribution is 2.39. The average Bonchev–Trinajstić information content (AvgIpc) is 2.74. The number of benzene rings is 1. The fourth-order valence-electron chi connectivity index (χ4n) is 3.87. The number of amides is 1. The maximum absolute atomic E-state index is 13.2. The van der Waals surface area contributed by atoms with E-state index in [0.29, 0.717) is 5.02 Å². The van der Waals surface area contributed by atoms with Crippen molar-refractivity contribution >= 4 is 54.6 Å². The number of likely N-dealkylation sites (tertiary alicyclic amines) is 1. The predicted octanol–water partition coefficient (Wildman–Crippen LogP) is 4.75.